The Morgan fingerprint density at radius 2 is 1.82 bits per heavy atom. The Kier molecular flexibility index (Phi) is 3.06. The molecular formula is C14H11FN2. The normalized spacial score (nSPS) is 9.88. The van der Waals surface area contributed by atoms with Crippen LogP contribution in [0.15, 0.2) is 42.5 Å². The van der Waals surface area contributed by atoms with E-state index in [0.29, 0.717) is 16.8 Å². The molecule has 2 rings (SSSR count). The van der Waals surface area contributed by atoms with Crippen LogP contribution >= 0.6 is 0 Å². The highest BCUT2D eigenvalue weighted by Gasteiger charge is 2.05. The van der Waals surface area contributed by atoms with Crippen molar-refractivity contribution in [3.63, 3.8) is 0 Å². The van der Waals surface area contributed by atoms with Crippen molar-refractivity contribution in [1.29, 1.82) is 5.26 Å². The predicted molar refractivity (Wildman–Crippen MR) is 65.6 cm³/mol. The van der Waals surface area contributed by atoms with Gasteiger partial charge in [0.15, 0.2) is 0 Å². The molecule has 0 bridgehead atoms. The number of nitrogens with two attached hydrogens (primary N) is 1. The zero-order valence-corrected chi connectivity index (χ0v) is 9.15. The lowest BCUT2D eigenvalue weighted by Gasteiger charge is -2.05. The molecular weight excluding hydrogens is 215 g/mol. The molecule has 17 heavy (non-hydrogen) atoms. The number of benzene rings is 2. The van der Waals surface area contributed by atoms with Gasteiger partial charge in [-0.15, -0.1) is 0 Å². The number of halogens is 1. The van der Waals surface area contributed by atoms with E-state index in [-0.39, 0.29) is 12.2 Å². The van der Waals surface area contributed by atoms with Gasteiger partial charge in [0.1, 0.15) is 5.82 Å². The minimum absolute atomic E-state index is 0.221. The molecule has 0 amide bonds. The smallest absolute Gasteiger partial charge is 0.131 e. The predicted octanol–water partition coefficient (Wildman–Crippen LogP) is 3.14. The van der Waals surface area contributed by atoms with E-state index in [1.54, 1.807) is 36.4 Å². The lowest BCUT2D eigenvalue weighted by atomic mass is 10.0. The van der Waals surface area contributed by atoms with Crippen LogP contribution < -0.4 is 5.73 Å². The molecule has 0 heterocycles. The zero-order valence-electron chi connectivity index (χ0n) is 9.15. The Bertz CT molecular complexity index is 568. The Balaban J connectivity index is 2.40. The minimum atomic E-state index is -0.317. The Labute approximate surface area is 99.1 Å². The lowest BCUT2D eigenvalue weighted by Crippen LogP contribution is -1.89. The summed E-state index contributed by atoms with van der Waals surface area (Å²) < 4.78 is 13.8. The number of nitrogen functional groups attached to an aromatic ring is 1. The minimum Gasteiger partial charge on any atom is -0.399 e. The average Bonchev–Trinajstić information content (AvgIpc) is 2.31. The number of rotatable bonds is 2. The largest absolute Gasteiger partial charge is 0.399 e. The number of nitrogens with zero attached hydrogens (tertiary/aromatic N) is 1. The maximum atomic E-state index is 13.8. The van der Waals surface area contributed by atoms with Gasteiger partial charge in [-0.05, 0) is 29.3 Å². The number of nitriles is 1. The third-order valence-corrected chi connectivity index (χ3v) is 2.54. The fourth-order valence-corrected chi connectivity index (χ4v) is 1.66. The summed E-state index contributed by atoms with van der Waals surface area (Å²) in [5.41, 5.74) is 8.21. The highest BCUT2D eigenvalue weighted by molar-refractivity contribution is 5.66. The van der Waals surface area contributed by atoms with Crippen molar-refractivity contribution in [2.45, 2.75) is 6.42 Å². The van der Waals surface area contributed by atoms with Crippen LogP contribution in [0.2, 0.25) is 0 Å². The van der Waals surface area contributed by atoms with Gasteiger partial charge in [-0.3, -0.25) is 0 Å². The highest BCUT2D eigenvalue weighted by atomic mass is 19.1. The van der Waals surface area contributed by atoms with E-state index in [0.717, 1.165) is 5.56 Å². The summed E-state index contributed by atoms with van der Waals surface area (Å²) in [5.74, 6) is -0.317. The molecule has 3 heteroatoms. The summed E-state index contributed by atoms with van der Waals surface area (Å²) in [7, 11) is 0. The van der Waals surface area contributed by atoms with Gasteiger partial charge in [0.25, 0.3) is 0 Å². The van der Waals surface area contributed by atoms with Crippen molar-refractivity contribution >= 4 is 5.69 Å². The van der Waals surface area contributed by atoms with Crippen molar-refractivity contribution in [3.05, 3.63) is 53.8 Å². The molecule has 2 aromatic carbocycles. The summed E-state index contributed by atoms with van der Waals surface area (Å²) in [5, 5.41) is 8.54. The first-order chi connectivity index (χ1) is 8.20. The van der Waals surface area contributed by atoms with Gasteiger partial charge in [-0.1, -0.05) is 24.3 Å². The van der Waals surface area contributed by atoms with Gasteiger partial charge in [-0.2, -0.15) is 5.26 Å². The quantitative estimate of drug-likeness (QED) is 0.800. The Morgan fingerprint density at radius 1 is 1.12 bits per heavy atom. The third-order valence-electron chi connectivity index (χ3n) is 2.54. The molecule has 0 saturated heterocycles. The fraction of sp³-hybridized carbons (Fsp3) is 0.0714. The van der Waals surface area contributed by atoms with E-state index in [9.17, 15) is 4.39 Å². The van der Waals surface area contributed by atoms with Gasteiger partial charge in [0.2, 0.25) is 0 Å². The molecule has 0 aliphatic rings. The molecule has 0 fully saturated rings. The second-order valence-corrected chi connectivity index (χ2v) is 3.77. The first kappa shape index (κ1) is 11.2. The molecule has 0 aromatic heterocycles. The highest BCUT2D eigenvalue weighted by Crippen LogP contribution is 2.24. The summed E-state index contributed by atoms with van der Waals surface area (Å²) >= 11 is 0. The van der Waals surface area contributed by atoms with Crippen molar-refractivity contribution in [2.24, 2.45) is 0 Å². The van der Waals surface area contributed by atoms with Crippen molar-refractivity contribution in [3.8, 4) is 17.2 Å². The molecule has 0 saturated carbocycles. The molecule has 0 spiro atoms. The zero-order chi connectivity index (χ0) is 12.3. The van der Waals surface area contributed by atoms with Crippen LogP contribution in [0.25, 0.3) is 11.1 Å². The van der Waals surface area contributed by atoms with Crippen LogP contribution in [0.4, 0.5) is 10.1 Å². The monoisotopic (exact) mass is 226 g/mol. The summed E-state index contributed by atoms with van der Waals surface area (Å²) in [4.78, 5) is 0. The van der Waals surface area contributed by atoms with E-state index >= 15 is 0 Å². The standard InChI is InChI=1S/C14H11FN2/c15-14-9-10(7-8-16)1-6-13(14)11-2-4-12(17)5-3-11/h1-6,9H,7,17H2. The molecule has 0 atom stereocenters. The third kappa shape index (κ3) is 2.43. The number of hydrogen-bond acceptors (Lipinski definition) is 2. The molecule has 0 radical (unpaired) electrons. The van der Waals surface area contributed by atoms with Crippen LogP contribution in [0.5, 0.6) is 0 Å². The SMILES string of the molecule is N#CCc1ccc(-c2ccc(N)cc2)c(F)c1. The molecule has 84 valence electrons. The molecule has 0 unspecified atom stereocenters. The fourth-order valence-electron chi connectivity index (χ4n) is 1.66. The van der Waals surface area contributed by atoms with Crippen LogP contribution in [0, 0.1) is 17.1 Å². The van der Waals surface area contributed by atoms with Crippen LogP contribution in [-0.2, 0) is 6.42 Å². The summed E-state index contributed by atoms with van der Waals surface area (Å²) in [6.07, 6.45) is 0.221. The van der Waals surface area contributed by atoms with Crippen molar-refractivity contribution < 1.29 is 4.39 Å². The first-order valence-corrected chi connectivity index (χ1v) is 5.22. The van der Waals surface area contributed by atoms with Crippen LogP contribution in [0.3, 0.4) is 0 Å². The first-order valence-electron chi connectivity index (χ1n) is 5.22. The van der Waals surface area contributed by atoms with Gasteiger partial charge >= 0.3 is 0 Å². The van der Waals surface area contributed by atoms with E-state index in [1.807, 2.05) is 6.07 Å². The molecule has 2 N–H and O–H groups in total. The van der Waals surface area contributed by atoms with Gasteiger partial charge in [0.05, 0.1) is 12.5 Å². The van der Waals surface area contributed by atoms with Gasteiger partial charge in [-0.25, -0.2) is 4.39 Å². The van der Waals surface area contributed by atoms with Crippen molar-refractivity contribution in [1.82, 2.24) is 0 Å². The van der Waals surface area contributed by atoms with Gasteiger partial charge < -0.3 is 5.73 Å². The average molecular weight is 226 g/mol. The molecule has 0 aliphatic carbocycles. The van der Waals surface area contributed by atoms with E-state index in [2.05, 4.69) is 0 Å². The topological polar surface area (TPSA) is 49.8 Å². The number of anilines is 1. The Morgan fingerprint density at radius 3 is 2.41 bits per heavy atom. The summed E-state index contributed by atoms with van der Waals surface area (Å²) in [6, 6.07) is 13.9. The molecule has 2 nitrogen and oxygen atoms in total. The second-order valence-electron chi connectivity index (χ2n) is 3.77. The van der Waals surface area contributed by atoms with E-state index in [1.165, 1.54) is 6.07 Å². The van der Waals surface area contributed by atoms with Crippen LogP contribution in [0.1, 0.15) is 5.56 Å². The molecule has 0 aliphatic heterocycles. The second kappa shape index (κ2) is 4.67. The lowest BCUT2D eigenvalue weighted by molar-refractivity contribution is 0.629. The maximum Gasteiger partial charge on any atom is 0.131 e. The summed E-state index contributed by atoms with van der Waals surface area (Å²) in [6.45, 7) is 0. The number of hydrogen-bond donors (Lipinski definition) is 1. The van der Waals surface area contributed by atoms with Gasteiger partial charge in [0, 0.05) is 11.3 Å². The Hall–Kier alpha value is -2.34. The maximum absolute atomic E-state index is 13.8. The van der Waals surface area contributed by atoms with E-state index < -0.39 is 0 Å². The molecule has 2 aromatic rings. The van der Waals surface area contributed by atoms with Crippen LogP contribution in [-0.4, -0.2) is 0 Å². The van der Waals surface area contributed by atoms with Crippen molar-refractivity contribution in [2.75, 3.05) is 5.73 Å². The van der Waals surface area contributed by atoms with E-state index in [4.69, 9.17) is 11.0 Å².